The molecule has 0 bridgehead atoms. The second-order valence-corrected chi connectivity index (χ2v) is 6.70. The molecule has 2 rings (SSSR count). The Kier molecular flexibility index (Phi) is 4.17. The first-order valence-electron chi connectivity index (χ1n) is 6.08. The minimum atomic E-state index is -3.90. The summed E-state index contributed by atoms with van der Waals surface area (Å²) in [7, 11) is -3.90. The lowest BCUT2D eigenvalue weighted by atomic mass is 10.2. The summed E-state index contributed by atoms with van der Waals surface area (Å²) in [6.45, 7) is 4.04. The molecule has 0 saturated heterocycles. The van der Waals surface area contributed by atoms with Gasteiger partial charge in [0.1, 0.15) is 0 Å². The molecule has 20 heavy (non-hydrogen) atoms. The standard InChI is InChI=1S/C13H15ClN2O3S/c1-2-5-16(11-3-4-11)13(17)9-6-10(14)8-12(7-9)20(15,18)19/h2,6-8,11H,1,3-5H2,(H2,15,18,19). The molecule has 5 nitrogen and oxygen atoms in total. The predicted octanol–water partition coefficient (Wildman–Crippen LogP) is 1.78. The third-order valence-electron chi connectivity index (χ3n) is 3.02. The molecule has 0 aliphatic heterocycles. The molecular formula is C13H15ClN2O3S. The number of carbonyl (C=O) groups is 1. The summed E-state index contributed by atoms with van der Waals surface area (Å²) in [5.74, 6) is -0.264. The Labute approximate surface area is 123 Å². The molecule has 0 spiro atoms. The average Bonchev–Trinajstić information content (AvgIpc) is 3.17. The van der Waals surface area contributed by atoms with E-state index in [4.69, 9.17) is 16.7 Å². The van der Waals surface area contributed by atoms with Gasteiger partial charge in [-0.1, -0.05) is 17.7 Å². The highest BCUT2D eigenvalue weighted by atomic mass is 35.5. The van der Waals surface area contributed by atoms with Crippen LogP contribution in [0.4, 0.5) is 0 Å². The highest BCUT2D eigenvalue weighted by Gasteiger charge is 2.32. The molecule has 0 unspecified atom stereocenters. The van der Waals surface area contributed by atoms with Gasteiger partial charge in [-0.15, -0.1) is 6.58 Å². The van der Waals surface area contributed by atoms with Crippen LogP contribution in [0.5, 0.6) is 0 Å². The quantitative estimate of drug-likeness (QED) is 0.841. The Hall–Kier alpha value is -1.37. The highest BCUT2D eigenvalue weighted by molar-refractivity contribution is 7.89. The number of halogens is 1. The van der Waals surface area contributed by atoms with Gasteiger partial charge in [0.05, 0.1) is 4.90 Å². The number of sulfonamides is 1. The summed E-state index contributed by atoms with van der Waals surface area (Å²) in [5, 5.41) is 5.24. The number of carbonyl (C=O) groups excluding carboxylic acids is 1. The van der Waals surface area contributed by atoms with Crippen LogP contribution < -0.4 is 5.14 Å². The van der Waals surface area contributed by atoms with E-state index in [0.717, 1.165) is 12.8 Å². The number of primary sulfonamides is 1. The van der Waals surface area contributed by atoms with Crippen LogP contribution in [0.2, 0.25) is 5.02 Å². The number of hydrogen-bond acceptors (Lipinski definition) is 3. The fourth-order valence-corrected chi connectivity index (χ4v) is 2.82. The van der Waals surface area contributed by atoms with E-state index in [2.05, 4.69) is 6.58 Å². The third kappa shape index (κ3) is 3.39. The van der Waals surface area contributed by atoms with Crippen LogP contribution in [0.25, 0.3) is 0 Å². The van der Waals surface area contributed by atoms with Crippen LogP contribution >= 0.6 is 11.6 Å². The minimum Gasteiger partial charge on any atom is -0.332 e. The second-order valence-electron chi connectivity index (χ2n) is 4.70. The van der Waals surface area contributed by atoms with Crippen molar-refractivity contribution in [2.24, 2.45) is 5.14 Å². The van der Waals surface area contributed by atoms with Crippen molar-refractivity contribution in [2.45, 2.75) is 23.8 Å². The average molecular weight is 315 g/mol. The van der Waals surface area contributed by atoms with Crippen molar-refractivity contribution in [1.82, 2.24) is 4.90 Å². The Balaban J connectivity index is 2.38. The lowest BCUT2D eigenvalue weighted by Crippen LogP contribution is -2.33. The zero-order chi connectivity index (χ0) is 14.9. The zero-order valence-electron chi connectivity index (χ0n) is 10.8. The lowest BCUT2D eigenvalue weighted by molar-refractivity contribution is 0.0762. The molecule has 2 N–H and O–H groups in total. The first-order chi connectivity index (χ1) is 9.32. The summed E-state index contributed by atoms with van der Waals surface area (Å²) < 4.78 is 22.8. The minimum absolute atomic E-state index is 0.161. The number of benzene rings is 1. The predicted molar refractivity (Wildman–Crippen MR) is 77.1 cm³/mol. The van der Waals surface area contributed by atoms with Crippen LogP contribution in [0.1, 0.15) is 23.2 Å². The summed E-state index contributed by atoms with van der Waals surface area (Å²) in [6, 6.07) is 4.11. The van der Waals surface area contributed by atoms with Crippen molar-refractivity contribution in [3.05, 3.63) is 41.4 Å². The summed E-state index contributed by atoms with van der Waals surface area (Å²) in [4.78, 5) is 13.9. The molecule has 0 radical (unpaired) electrons. The van der Waals surface area contributed by atoms with E-state index in [0.29, 0.717) is 6.54 Å². The zero-order valence-corrected chi connectivity index (χ0v) is 12.3. The normalized spacial score (nSPS) is 14.9. The van der Waals surface area contributed by atoms with Gasteiger partial charge in [-0.3, -0.25) is 4.79 Å². The lowest BCUT2D eigenvalue weighted by Gasteiger charge is -2.21. The number of nitrogens with two attached hydrogens (primary N) is 1. The highest BCUT2D eigenvalue weighted by Crippen LogP contribution is 2.29. The monoisotopic (exact) mass is 314 g/mol. The maximum atomic E-state index is 12.4. The molecule has 1 aromatic rings. The Morgan fingerprint density at radius 3 is 2.60 bits per heavy atom. The molecule has 1 aliphatic carbocycles. The van der Waals surface area contributed by atoms with Gasteiger partial charge in [-0.2, -0.15) is 0 Å². The number of amides is 1. The Morgan fingerprint density at radius 1 is 1.45 bits per heavy atom. The van der Waals surface area contributed by atoms with E-state index in [9.17, 15) is 13.2 Å². The van der Waals surface area contributed by atoms with Crippen LogP contribution in [0.15, 0.2) is 35.7 Å². The van der Waals surface area contributed by atoms with Crippen molar-refractivity contribution in [2.75, 3.05) is 6.54 Å². The second kappa shape index (κ2) is 5.55. The summed E-state index contributed by atoms with van der Waals surface area (Å²) >= 11 is 5.87. The molecule has 0 aromatic heterocycles. The van der Waals surface area contributed by atoms with Gasteiger partial charge in [0.2, 0.25) is 10.0 Å². The topological polar surface area (TPSA) is 80.5 Å². The maximum Gasteiger partial charge on any atom is 0.254 e. The largest absolute Gasteiger partial charge is 0.332 e. The Morgan fingerprint density at radius 2 is 2.10 bits per heavy atom. The van der Waals surface area contributed by atoms with Crippen molar-refractivity contribution in [3.63, 3.8) is 0 Å². The summed E-state index contributed by atoms with van der Waals surface area (Å²) in [6.07, 6.45) is 3.53. The Bertz CT molecular complexity index is 654. The van der Waals surface area contributed by atoms with E-state index in [-0.39, 0.29) is 27.4 Å². The van der Waals surface area contributed by atoms with Gasteiger partial charge in [0.25, 0.3) is 5.91 Å². The van der Waals surface area contributed by atoms with Gasteiger partial charge in [0, 0.05) is 23.2 Å². The van der Waals surface area contributed by atoms with E-state index in [1.54, 1.807) is 11.0 Å². The van der Waals surface area contributed by atoms with Crippen molar-refractivity contribution >= 4 is 27.5 Å². The van der Waals surface area contributed by atoms with Gasteiger partial charge >= 0.3 is 0 Å². The molecular weight excluding hydrogens is 300 g/mol. The number of hydrogen-bond donors (Lipinski definition) is 1. The van der Waals surface area contributed by atoms with Crippen LogP contribution in [-0.4, -0.2) is 31.8 Å². The third-order valence-corrected chi connectivity index (χ3v) is 4.13. The van der Waals surface area contributed by atoms with E-state index < -0.39 is 10.0 Å². The first kappa shape index (κ1) is 15.0. The molecule has 1 saturated carbocycles. The van der Waals surface area contributed by atoms with Crippen molar-refractivity contribution < 1.29 is 13.2 Å². The molecule has 1 aromatic carbocycles. The molecule has 1 fully saturated rings. The van der Waals surface area contributed by atoms with Crippen LogP contribution in [-0.2, 0) is 10.0 Å². The van der Waals surface area contributed by atoms with Crippen molar-refractivity contribution in [1.29, 1.82) is 0 Å². The van der Waals surface area contributed by atoms with E-state index in [1.807, 2.05) is 0 Å². The number of rotatable bonds is 5. The smallest absolute Gasteiger partial charge is 0.254 e. The number of nitrogens with zero attached hydrogens (tertiary/aromatic N) is 1. The maximum absolute atomic E-state index is 12.4. The fourth-order valence-electron chi connectivity index (χ4n) is 1.94. The molecule has 1 aliphatic rings. The van der Waals surface area contributed by atoms with Gasteiger partial charge in [0.15, 0.2) is 0 Å². The van der Waals surface area contributed by atoms with E-state index >= 15 is 0 Å². The van der Waals surface area contributed by atoms with Crippen LogP contribution in [0.3, 0.4) is 0 Å². The molecule has 7 heteroatoms. The van der Waals surface area contributed by atoms with E-state index in [1.165, 1.54) is 18.2 Å². The molecule has 0 atom stereocenters. The van der Waals surface area contributed by atoms with Gasteiger partial charge in [-0.05, 0) is 31.0 Å². The first-order valence-corrected chi connectivity index (χ1v) is 8.00. The molecule has 1 amide bonds. The fraction of sp³-hybridized carbons (Fsp3) is 0.308. The summed E-state index contributed by atoms with van der Waals surface area (Å²) in [5.41, 5.74) is 0.218. The van der Waals surface area contributed by atoms with Gasteiger partial charge in [-0.25, -0.2) is 13.6 Å². The van der Waals surface area contributed by atoms with Gasteiger partial charge < -0.3 is 4.90 Å². The molecule has 108 valence electrons. The molecule has 0 heterocycles. The SMILES string of the molecule is C=CCN(C(=O)c1cc(Cl)cc(S(N)(=O)=O)c1)C1CC1. The van der Waals surface area contributed by atoms with Crippen molar-refractivity contribution in [3.8, 4) is 0 Å². The van der Waals surface area contributed by atoms with Crippen LogP contribution in [0, 0.1) is 0 Å².